The van der Waals surface area contributed by atoms with Crippen molar-refractivity contribution in [1.82, 2.24) is 5.32 Å². The quantitative estimate of drug-likeness (QED) is 0.638. The summed E-state index contributed by atoms with van der Waals surface area (Å²) in [7, 11) is 0. The lowest BCUT2D eigenvalue weighted by Gasteiger charge is -2.16. The van der Waals surface area contributed by atoms with Gasteiger partial charge in [-0.2, -0.15) is 0 Å². The van der Waals surface area contributed by atoms with Crippen LogP contribution in [0.25, 0.3) is 0 Å². The third-order valence-electron chi connectivity index (χ3n) is 3.66. The SMILES string of the molecule is C=CCNC(=O)C1(C(=O)Nc2ccc(C)cc2C)CC1. The summed E-state index contributed by atoms with van der Waals surface area (Å²) in [6, 6.07) is 5.83. The Morgan fingerprint density at radius 3 is 2.55 bits per heavy atom. The van der Waals surface area contributed by atoms with E-state index in [1.165, 1.54) is 0 Å². The van der Waals surface area contributed by atoms with Gasteiger partial charge in [0.05, 0.1) is 0 Å². The largest absolute Gasteiger partial charge is 0.352 e. The first-order valence-electron chi connectivity index (χ1n) is 6.77. The first kappa shape index (κ1) is 14.3. The summed E-state index contributed by atoms with van der Waals surface area (Å²) in [5, 5.41) is 5.58. The number of hydrogen-bond acceptors (Lipinski definition) is 2. The van der Waals surface area contributed by atoms with Gasteiger partial charge in [-0.3, -0.25) is 9.59 Å². The van der Waals surface area contributed by atoms with Crippen LogP contribution in [0.5, 0.6) is 0 Å². The molecule has 1 aliphatic carbocycles. The molecule has 1 fully saturated rings. The minimum atomic E-state index is -0.889. The molecule has 0 heterocycles. The number of rotatable bonds is 5. The van der Waals surface area contributed by atoms with Gasteiger partial charge in [0.1, 0.15) is 5.41 Å². The lowest BCUT2D eigenvalue weighted by molar-refractivity contribution is -0.134. The van der Waals surface area contributed by atoms with E-state index in [1.807, 2.05) is 32.0 Å². The van der Waals surface area contributed by atoms with Crippen molar-refractivity contribution in [2.75, 3.05) is 11.9 Å². The minimum Gasteiger partial charge on any atom is -0.352 e. The molecule has 1 saturated carbocycles. The van der Waals surface area contributed by atoms with Crippen LogP contribution < -0.4 is 10.6 Å². The minimum absolute atomic E-state index is 0.209. The number of nitrogens with one attached hydrogen (secondary N) is 2. The molecule has 1 aromatic rings. The van der Waals surface area contributed by atoms with Crippen molar-refractivity contribution in [2.45, 2.75) is 26.7 Å². The number of benzene rings is 1. The summed E-state index contributed by atoms with van der Waals surface area (Å²) in [5.41, 5.74) is 2.02. The predicted molar refractivity (Wildman–Crippen MR) is 79.4 cm³/mol. The van der Waals surface area contributed by atoms with Crippen LogP contribution in [0.15, 0.2) is 30.9 Å². The van der Waals surface area contributed by atoms with E-state index in [9.17, 15) is 9.59 Å². The van der Waals surface area contributed by atoms with Crippen molar-refractivity contribution in [1.29, 1.82) is 0 Å². The van der Waals surface area contributed by atoms with Crippen molar-refractivity contribution >= 4 is 17.5 Å². The van der Waals surface area contributed by atoms with Gasteiger partial charge >= 0.3 is 0 Å². The highest BCUT2D eigenvalue weighted by molar-refractivity contribution is 6.13. The molecule has 0 spiro atoms. The number of anilines is 1. The fourth-order valence-corrected chi connectivity index (χ4v) is 2.21. The first-order valence-corrected chi connectivity index (χ1v) is 6.77. The van der Waals surface area contributed by atoms with E-state index in [-0.39, 0.29) is 11.8 Å². The molecule has 2 amide bonds. The Bertz CT molecular complexity index is 560. The van der Waals surface area contributed by atoms with Crippen LogP contribution in [0, 0.1) is 19.3 Å². The van der Waals surface area contributed by atoms with E-state index in [2.05, 4.69) is 17.2 Å². The third-order valence-corrected chi connectivity index (χ3v) is 3.66. The Morgan fingerprint density at radius 2 is 2.00 bits per heavy atom. The molecule has 4 heteroatoms. The van der Waals surface area contributed by atoms with Crippen LogP contribution in [0.4, 0.5) is 5.69 Å². The summed E-state index contributed by atoms with van der Waals surface area (Å²) in [6.45, 7) is 7.89. The van der Waals surface area contributed by atoms with Crippen LogP contribution in [-0.4, -0.2) is 18.4 Å². The third kappa shape index (κ3) is 2.74. The predicted octanol–water partition coefficient (Wildman–Crippen LogP) is 2.32. The molecule has 2 rings (SSSR count). The molecule has 0 saturated heterocycles. The molecular formula is C16H20N2O2. The van der Waals surface area contributed by atoms with Crippen molar-refractivity contribution in [3.05, 3.63) is 42.0 Å². The molecule has 0 aliphatic heterocycles. The summed E-state index contributed by atoms with van der Waals surface area (Å²) < 4.78 is 0. The van der Waals surface area contributed by atoms with Gasteiger partial charge in [0, 0.05) is 12.2 Å². The average molecular weight is 272 g/mol. The molecule has 0 atom stereocenters. The smallest absolute Gasteiger partial charge is 0.240 e. The molecule has 1 aromatic carbocycles. The topological polar surface area (TPSA) is 58.2 Å². The van der Waals surface area contributed by atoms with Gasteiger partial charge in [-0.15, -0.1) is 6.58 Å². The van der Waals surface area contributed by atoms with Gasteiger partial charge in [-0.1, -0.05) is 23.8 Å². The fraction of sp³-hybridized carbons (Fsp3) is 0.375. The van der Waals surface area contributed by atoms with Crippen LogP contribution >= 0.6 is 0 Å². The van der Waals surface area contributed by atoms with Gasteiger partial charge in [0.2, 0.25) is 11.8 Å². The van der Waals surface area contributed by atoms with E-state index in [0.29, 0.717) is 19.4 Å². The molecule has 20 heavy (non-hydrogen) atoms. The van der Waals surface area contributed by atoms with Crippen LogP contribution in [0.3, 0.4) is 0 Å². The van der Waals surface area contributed by atoms with Crippen LogP contribution in [-0.2, 0) is 9.59 Å². The van der Waals surface area contributed by atoms with E-state index >= 15 is 0 Å². The average Bonchev–Trinajstić information content (AvgIpc) is 3.20. The second-order valence-electron chi connectivity index (χ2n) is 5.35. The number of carbonyl (C=O) groups is 2. The normalized spacial score (nSPS) is 15.3. The molecule has 0 bridgehead atoms. The van der Waals surface area contributed by atoms with E-state index < -0.39 is 5.41 Å². The van der Waals surface area contributed by atoms with Crippen molar-refractivity contribution in [3.8, 4) is 0 Å². The van der Waals surface area contributed by atoms with Gasteiger partial charge < -0.3 is 10.6 Å². The zero-order valence-corrected chi connectivity index (χ0v) is 12.0. The molecule has 0 aromatic heterocycles. The fourth-order valence-electron chi connectivity index (χ4n) is 2.21. The lowest BCUT2D eigenvalue weighted by Crippen LogP contribution is -2.40. The van der Waals surface area contributed by atoms with Gasteiger partial charge in [0.25, 0.3) is 0 Å². The Morgan fingerprint density at radius 1 is 1.30 bits per heavy atom. The number of hydrogen-bond donors (Lipinski definition) is 2. The maximum Gasteiger partial charge on any atom is 0.240 e. The molecule has 1 aliphatic rings. The molecule has 0 radical (unpaired) electrons. The van der Waals surface area contributed by atoms with Crippen LogP contribution in [0.1, 0.15) is 24.0 Å². The summed E-state index contributed by atoms with van der Waals surface area (Å²) in [5.74, 6) is -0.425. The molecular weight excluding hydrogens is 252 g/mol. The Labute approximate surface area is 119 Å². The number of aryl methyl sites for hydroxylation is 2. The second-order valence-corrected chi connectivity index (χ2v) is 5.35. The Kier molecular flexibility index (Phi) is 3.93. The number of amides is 2. The maximum atomic E-state index is 12.3. The Balaban J connectivity index is 2.08. The molecule has 106 valence electrons. The summed E-state index contributed by atoms with van der Waals surface area (Å²) >= 11 is 0. The highest BCUT2D eigenvalue weighted by atomic mass is 16.2. The van der Waals surface area contributed by atoms with Crippen LogP contribution in [0.2, 0.25) is 0 Å². The molecule has 4 nitrogen and oxygen atoms in total. The zero-order valence-electron chi connectivity index (χ0n) is 12.0. The summed E-state index contributed by atoms with van der Waals surface area (Å²) in [6.07, 6.45) is 2.81. The van der Waals surface area contributed by atoms with Crippen molar-refractivity contribution in [2.24, 2.45) is 5.41 Å². The summed E-state index contributed by atoms with van der Waals surface area (Å²) in [4.78, 5) is 24.4. The Hall–Kier alpha value is -2.10. The maximum absolute atomic E-state index is 12.3. The standard InChI is InChI=1S/C16H20N2O2/c1-4-9-17-14(19)16(7-8-16)15(20)18-13-6-5-11(2)10-12(13)3/h4-6,10H,1,7-9H2,2-3H3,(H,17,19)(H,18,20). The first-order chi connectivity index (χ1) is 9.49. The monoisotopic (exact) mass is 272 g/mol. The van der Waals surface area contributed by atoms with Gasteiger partial charge in [-0.25, -0.2) is 0 Å². The highest BCUT2D eigenvalue weighted by Crippen LogP contribution is 2.46. The highest BCUT2D eigenvalue weighted by Gasteiger charge is 2.56. The molecule has 0 unspecified atom stereocenters. The van der Waals surface area contributed by atoms with E-state index in [1.54, 1.807) is 6.08 Å². The van der Waals surface area contributed by atoms with Crippen molar-refractivity contribution in [3.63, 3.8) is 0 Å². The zero-order chi connectivity index (χ0) is 14.8. The number of carbonyl (C=O) groups excluding carboxylic acids is 2. The molecule has 2 N–H and O–H groups in total. The van der Waals surface area contributed by atoms with Gasteiger partial charge in [0.15, 0.2) is 0 Å². The van der Waals surface area contributed by atoms with Crippen molar-refractivity contribution < 1.29 is 9.59 Å². The van der Waals surface area contributed by atoms with E-state index in [0.717, 1.165) is 16.8 Å². The van der Waals surface area contributed by atoms with Gasteiger partial charge in [-0.05, 0) is 38.3 Å². The van der Waals surface area contributed by atoms with E-state index in [4.69, 9.17) is 0 Å². The lowest BCUT2D eigenvalue weighted by atomic mass is 10.0. The second kappa shape index (κ2) is 5.49.